The molecule has 17 heavy (non-hydrogen) atoms. The number of likely N-dealkylation sites (N-methyl/N-ethyl adjacent to an activating group) is 1. The number of nitrogens with two attached hydrogens (primary N) is 1. The summed E-state index contributed by atoms with van der Waals surface area (Å²) in [6.07, 6.45) is 5.69. The summed E-state index contributed by atoms with van der Waals surface area (Å²) in [6.45, 7) is 4.50. The van der Waals surface area contributed by atoms with E-state index in [1.165, 1.54) is 0 Å². The van der Waals surface area contributed by atoms with Crippen molar-refractivity contribution in [2.45, 2.75) is 26.3 Å². The Labute approximate surface area is 102 Å². The fourth-order valence-corrected chi connectivity index (χ4v) is 1.39. The zero-order valence-corrected chi connectivity index (χ0v) is 10.6. The lowest BCUT2D eigenvalue weighted by Crippen LogP contribution is -2.45. The summed E-state index contributed by atoms with van der Waals surface area (Å²) in [5, 5.41) is 0. The Hall–Kier alpha value is -1.49. The van der Waals surface area contributed by atoms with Gasteiger partial charge in [-0.1, -0.05) is 13.8 Å². The van der Waals surface area contributed by atoms with Gasteiger partial charge in [0.15, 0.2) is 0 Å². The molecule has 1 heterocycles. The number of carbonyl (C=O) groups is 1. The van der Waals surface area contributed by atoms with Crippen LogP contribution in [-0.2, 0) is 11.2 Å². The van der Waals surface area contributed by atoms with Gasteiger partial charge in [-0.05, 0) is 5.92 Å². The van der Waals surface area contributed by atoms with Crippen LogP contribution in [0.2, 0.25) is 0 Å². The van der Waals surface area contributed by atoms with E-state index in [9.17, 15) is 4.79 Å². The van der Waals surface area contributed by atoms with E-state index in [2.05, 4.69) is 9.97 Å². The summed E-state index contributed by atoms with van der Waals surface area (Å²) in [4.78, 5) is 21.7. The van der Waals surface area contributed by atoms with Gasteiger partial charge in [0.1, 0.15) is 0 Å². The molecule has 0 saturated heterocycles. The molecule has 0 spiro atoms. The predicted molar refractivity (Wildman–Crippen MR) is 66.2 cm³/mol. The monoisotopic (exact) mass is 236 g/mol. The van der Waals surface area contributed by atoms with Gasteiger partial charge in [-0.15, -0.1) is 0 Å². The van der Waals surface area contributed by atoms with Crippen molar-refractivity contribution in [1.82, 2.24) is 14.9 Å². The van der Waals surface area contributed by atoms with Crippen LogP contribution < -0.4 is 5.73 Å². The van der Waals surface area contributed by atoms with Gasteiger partial charge in [-0.3, -0.25) is 14.8 Å². The minimum atomic E-state index is -0.429. The van der Waals surface area contributed by atoms with Gasteiger partial charge in [-0.25, -0.2) is 0 Å². The molecule has 5 nitrogen and oxygen atoms in total. The highest BCUT2D eigenvalue weighted by molar-refractivity contribution is 5.81. The second-order valence-electron chi connectivity index (χ2n) is 4.48. The Kier molecular flexibility index (Phi) is 5.03. The van der Waals surface area contributed by atoms with Gasteiger partial charge in [0.05, 0.1) is 11.7 Å². The Morgan fingerprint density at radius 1 is 1.47 bits per heavy atom. The third-order valence-corrected chi connectivity index (χ3v) is 2.70. The molecular formula is C12H20N4O. The number of aromatic nitrogens is 2. The largest absolute Gasteiger partial charge is 0.344 e. The number of amides is 1. The molecule has 1 amide bonds. The molecular weight excluding hydrogens is 216 g/mol. The summed E-state index contributed by atoms with van der Waals surface area (Å²) in [5.74, 6) is 0.130. The summed E-state index contributed by atoms with van der Waals surface area (Å²) in [7, 11) is 1.76. The second-order valence-corrected chi connectivity index (χ2v) is 4.48. The molecule has 0 aliphatic heterocycles. The Balaban J connectivity index is 2.45. The van der Waals surface area contributed by atoms with Crippen molar-refractivity contribution in [3.05, 3.63) is 24.3 Å². The third kappa shape index (κ3) is 4.11. The standard InChI is InChI=1S/C12H20N4O/c1-9(2)11(13)12(17)16(3)7-4-10-8-14-5-6-15-10/h5-6,8-9,11H,4,7,13H2,1-3H3/t11-/m0/s1. The normalized spacial score (nSPS) is 12.5. The van der Waals surface area contributed by atoms with Gasteiger partial charge in [0.2, 0.25) is 5.91 Å². The molecule has 0 unspecified atom stereocenters. The van der Waals surface area contributed by atoms with Crippen LogP contribution in [0.1, 0.15) is 19.5 Å². The van der Waals surface area contributed by atoms with Crippen molar-refractivity contribution in [2.75, 3.05) is 13.6 Å². The van der Waals surface area contributed by atoms with E-state index in [1.807, 2.05) is 13.8 Å². The van der Waals surface area contributed by atoms with E-state index in [0.717, 1.165) is 5.69 Å². The van der Waals surface area contributed by atoms with Gasteiger partial charge in [0, 0.05) is 38.6 Å². The molecule has 0 aromatic carbocycles. The topological polar surface area (TPSA) is 72.1 Å². The maximum Gasteiger partial charge on any atom is 0.239 e. The highest BCUT2D eigenvalue weighted by Gasteiger charge is 2.20. The van der Waals surface area contributed by atoms with Crippen LogP contribution in [-0.4, -0.2) is 40.4 Å². The fourth-order valence-electron chi connectivity index (χ4n) is 1.39. The predicted octanol–water partition coefficient (Wildman–Crippen LogP) is 0.461. The number of hydrogen-bond acceptors (Lipinski definition) is 4. The first-order valence-corrected chi connectivity index (χ1v) is 5.77. The van der Waals surface area contributed by atoms with Crippen molar-refractivity contribution in [3.63, 3.8) is 0 Å². The van der Waals surface area contributed by atoms with Gasteiger partial charge >= 0.3 is 0 Å². The molecule has 0 aliphatic carbocycles. The lowest BCUT2D eigenvalue weighted by molar-refractivity contribution is -0.132. The fraction of sp³-hybridized carbons (Fsp3) is 0.583. The Bertz CT molecular complexity index is 353. The number of hydrogen-bond donors (Lipinski definition) is 1. The second kappa shape index (κ2) is 6.30. The highest BCUT2D eigenvalue weighted by Crippen LogP contribution is 2.03. The molecule has 94 valence electrons. The highest BCUT2D eigenvalue weighted by atomic mass is 16.2. The molecule has 5 heteroatoms. The molecule has 0 saturated carbocycles. The molecule has 0 fully saturated rings. The Morgan fingerprint density at radius 2 is 2.18 bits per heavy atom. The quantitative estimate of drug-likeness (QED) is 0.806. The first-order valence-electron chi connectivity index (χ1n) is 5.77. The van der Waals surface area contributed by atoms with Crippen LogP contribution in [0.4, 0.5) is 0 Å². The molecule has 0 aliphatic rings. The van der Waals surface area contributed by atoms with E-state index < -0.39 is 6.04 Å². The number of carbonyl (C=O) groups excluding carboxylic acids is 1. The smallest absolute Gasteiger partial charge is 0.239 e. The van der Waals surface area contributed by atoms with E-state index in [1.54, 1.807) is 30.5 Å². The summed E-state index contributed by atoms with van der Waals surface area (Å²) in [6, 6.07) is -0.429. The maximum atomic E-state index is 11.9. The van der Waals surface area contributed by atoms with Gasteiger partial charge in [-0.2, -0.15) is 0 Å². The van der Waals surface area contributed by atoms with Crippen molar-refractivity contribution in [3.8, 4) is 0 Å². The molecule has 1 aromatic rings. The zero-order valence-electron chi connectivity index (χ0n) is 10.6. The maximum absolute atomic E-state index is 11.9. The van der Waals surface area contributed by atoms with Crippen LogP contribution in [0.5, 0.6) is 0 Å². The first kappa shape index (κ1) is 13.6. The van der Waals surface area contributed by atoms with Gasteiger partial charge in [0.25, 0.3) is 0 Å². The third-order valence-electron chi connectivity index (χ3n) is 2.70. The molecule has 1 atom stereocenters. The van der Waals surface area contributed by atoms with Crippen molar-refractivity contribution in [2.24, 2.45) is 11.7 Å². The van der Waals surface area contributed by atoms with Crippen LogP contribution in [0.3, 0.4) is 0 Å². The van der Waals surface area contributed by atoms with Crippen molar-refractivity contribution in [1.29, 1.82) is 0 Å². The zero-order chi connectivity index (χ0) is 12.8. The van der Waals surface area contributed by atoms with E-state index in [0.29, 0.717) is 13.0 Å². The number of nitrogens with zero attached hydrogens (tertiary/aromatic N) is 3. The first-order chi connectivity index (χ1) is 8.02. The van der Waals surface area contributed by atoms with Crippen LogP contribution in [0.25, 0.3) is 0 Å². The number of rotatable bonds is 5. The van der Waals surface area contributed by atoms with Crippen LogP contribution in [0.15, 0.2) is 18.6 Å². The van der Waals surface area contributed by atoms with Crippen LogP contribution >= 0.6 is 0 Å². The molecule has 1 aromatic heterocycles. The van der Waals surface area contributed by atoms with Crippen LogP contribution in [0, 0.1) is 5.92 Å². The molecule has 0 radical (unpaired) electrons. The average Bonchev–Trinajstić information content (AvgIpc) is 2.35. The molecule has 0 bridgehead atoms. The van der Waals surface area contributed by atoms with E-state index in [-0.39, 0.29) is 11.8 Å². The van der Waals surface area contributed by atoms with E-state index >= 15 is 0 Å². The van der Waals surface area contributed by atoms with E-state index in [4.69, 9.17) is 5.73 Å². The minimum absolute atomic E-state index is 0.0242. The summed E-state index contributed by atoms with van der Waals surface area (Å²) >= 11 is 0. The van der Waals surface area contributed by atoms with Crippen molar-refractivity contribution >= 4 is 5.91 Å². The van der Waals surface area contributed by atoms with Gasteiger partial charge < -0.3 is 10.6 Å². The molecule has 2 N–H and O–H groups in total. The SMILES string of the molecule is CC(C)[C@H](N)C(=O)N(C)CCc1cnccn1. The Morgan fingerprint density at radius 3 is 2.71 bits per heavy atom. The molecule has 1 rings (SSSR count). The summed E-state index contributed by atoms with van der Waals surface area (Å²) in [5.41, 5.74) is 6.69. The average molecular weight is 236 g/mol. The van der Waals surface area contributed by atoms with Crippen molar-refractivity contribution < 1.29 is 4.79 Å². The lowest BCUT2D eigenvalue weighted by Gasteiger charge is -2.23. The summed E-state index contributed by atoms with van der Waals surface area (Å²) < 4.78 is 0. The lowest BCUT2D eigenvalue weighted by atomic mass is 10.0. The minimum Gasteiger partial charge on any atom is -0.344 e.